The molecule has 0 radical (unpaired) electrons. The molecule has 0 N–H and O–H groups in total. The summed E-state index contributed by atoms with van der Waals surface area (Å²) in [5, 5.41) is 0. The summed E-state index contributed by atoms with van der Waals surface area (Å²) in [6, 6.07) is 28.5. The van der Waals surface area contributed by atoms with Crippen molar-refractivity contribution in [3.8, 4) is 5.75 Å². The molecule has 152 valence electrons. The van der Waals surface area contributed by atoms with E-state index < -0.39 is 0 Å². The molecule has 0 amide bonds. The molecular weight excluding hydrogens is 374 g/mol. The number of hydrogen-bond acceptors (Lipinski definition) is 4. The lowest BCUT2D eigenvalue weighted by Crippen LogP contribution is -2.23. The van der Waals surface area contributed by atoms with E-state index >= 15 is 0 Å². The van der Waals surface area contributed by atoms with E-state index in [0.29, 0.717) is 18.5 Å². The molecule has 4 nitrogen and oxygen atoms in total. The van der Waals surface area contributed by atoms with Gasteiger partial charge in [-0.25, -0.2) is 4.79 Å². The minimum atomic E-state index is -0.275. The number of nitrogens with zero attached hydrogens (tertiary/aromatic N) is 1. The highest BCUT2D eigenvalue weighted by atomic mass is 16.5. The van der Waals surface area contributed by atoms with Crippen LogP contribution in [0.1, 0.15) is 29.2 Å². The number of rotatable bonds is 6. The molecule has 30 heavy (non-hydrogen) atoms. The van der Waals surface area contributed by atoms with Crippen LogP contribution in [0.3, 0.4) is 0 Å². The first kappa shape index (κ1) is 19.8. The summed E-state index contributed by atoms with van der Waals surface area (Å²) in [5.74, 6) is 0.540. The quantitative estimate of drug-likeness (QED) is 0.532. The number of esters is 1. The molecule has 0 spiro atoms. The maximum Gasteiger partial charge on any atom is 0.335 e. The van der Waals surface area contributed by atoms with E-state index in [1.165, 1.54) is 12.7 Å². The molecule has 0 aliphatic carbocycles. The first-order valence-corrected chi connectivity index (χ1v) is 10.0. The van der Waals surface area contributed by atoms with Gasteiger partial charge in [0, 0.05) is 13.0 Å². The normalized spacial score (nSPS) is 15.9. The molecule has 3 aromatic carbocycles. The van der Waals surface area contributed by atoms with Crippen molar-refractivity contribution in [2.45, 2.75) is 19.0 Å². The smallest absolute Gasteiger partial charge is 0.335 e. The Labute approximate surface area is 177 Å². The van der Waals surface area contributed by atoms with E-state index in [1.807, 2.05) is 60.7 Å². The lowest BCUT2D eigenvalue weighted by molar-refractivity contribution is -0.136. The predicted molar refractivity (Wildman–Crippen MR) is 118 cm³/mol. The molecule has 1 aliphatic rings. The number of carbonyl (C=O) groups is 1. The van der Waals surface area contributed by atoms with Crippen molar-refractivity contribution in [2.24, 2.45) is 0 Å². The van der Waals surface area contributed by atoms with E-state index in [2.05, 4.69) is 29.2 Å². The fourth-order valence-electron chi connectivity index (χ4n) is 4.06. The van der Waals surface area contributed by atoms with E-state index in [-0.39, 0.29) is 12.0 Å². The van der Waals surface area contributed by atoms with E-state index in [1.54, 1.807) is 7.11 Å². The number of benzene rings is 3. The highest BCUT2D eigenvalue weighted by Gasteiger charge is 2.37. The van der Waals surface area contributed by atoms with E-state index in [4.69, 9.17) is 9.47 Å². The summed E-state index contributed by atoms with van der Waals surface area (Å²) >= 11 is 0. The van der Waals surface area contributed by atoms with Crippen LogP contribution < -0.4 is 4.74 Å². The zero-order chi connectivity index (χ0) is 20.9. The van der Waals surface area contributed by atoms with Crippen molar-refractivity contribution in [1.29, 1.82) is 0 Å². The third-order valence-corrected chi connectivity index (χ3v) is 5.52. The summed E-state index contributed by atoms with van der Waals surface area (Å²) in [7, 11) is 3.11. The third kappa shape index (κ3) is 3.94. The second kappa shape index (κ2) is 8.87. The fourth-order valence-corrected chi connectivity index (χ4v) is 4.06. The largest absolute Gasteiger partial charge is 0.497 e. The van der Waals surface area contributed by atoms with E-state index in [0.717, 1.165) is 22.6 Å². The Morgan fingerprint density at radius 2 is 1.53 bits per heavy atom. The molecular formula is C26H25NO3. The third-order valence-electron chi connectivity index (χ3n) is 5.52. The fraction of sp³-hybridized carbons (Fsp3) is 0.192. The van der Waals surface area contributed by atoms with Crippen LogP contribution in [0.4, 0.5) is 0 Å². The van der Waals surface area contributed by atoms with Crippen molar-refractivity contribution >= 4 is 11.7 Å². The van der Waals surface area contributed by atoms with Gasteiger partial charge >= 0.3 is 5.97 Å². The molecule has 4 rings (SSSR count). The van der Waals surface area contributed by atoms with Crippen LogP contribution in [-0.4, -0.2) is 25.1 Å². The van der Waals surface area contributed by atoms with Crippen LogP contribution in [-0.2, 0) is 16.1 Å². The zero-order valence-electron chi connectivity index (χ0n) is 17.2. The summed E-state index contributed by atoms with van der Waals surface area (Å²) in [6.45, 7) is 0.697. The molecule has 0 saturated heterocycles. The number of ether oxygens (including phenoxy) is 2. The summed E-state index contributed by atoms with van der Waals surface area (Å²) < 4.78 is 10.5. The highest BCUT2D eigenvalue weighted by Crippen LogP contribution is 2.45. The van der Waals surface area contributed by atoms with Gasteiger partial charge in [0.05, 0.1) is 31.5 Å². The monoisotopic (exact) mass is 399 g/mol. The minimum absolute atomic E-state index is 0.0282. The molecule has 0 fully saturated rings. The Hall–Kier alpha value is -3.53. The second-order valence-electron chi connectivity index (χ2n) is 7.29. The molecule has 1 atom stereocenters. The van der Waals surface area contributed by atoms with Gasteiger partial charge in [0.15, 0.2) is 0 Å². The van der Waals surface area contributed by atoms with Gasteiger partial charge in [-0.05, 0) is 28.8 Å². The Kier molecular flexibility index (Phi) is 5.84. The summed E-state index contributed by atoms with van der Waals surface area (Å²) in [6.07, 6.45) is 0.593. The molecule has 1 heterocycles. The number of carbonyl (C=O) groups excluding carboxylic acids is 1. The van der Waals surface area contributed by atoms with Crippen molar-refractivity contribution in [3.05, 3.63) is 107 Å². The first-order valence-electron chi connectivity index (χ1n) is 10.0. The lowest BCUT2D eigenvalue weighted by atomic mass is 10.0. The predicted octanol–water partition coefficient (Wildman–Crippen LogP) is 5.23. The van der Waals surface area contributed by atoms with Crippen molar-refractivity contribution in [1.82, 2.24) is 4.90 Å². The van der Waals surface area contributed by atoms with Crippen LogP contribution in [0.15, 0.2) is 90.5 Å². The Morgan fingerprint density at radius 1 is 0.900 bits per heavy atom. The van der Waals surface area contributed by atoms with Gasteiger partial charge in [-0.15, -0.1) is 0 Å². The average molecular weight is 399 g/mol. The molecule has 0 aromatic heterocycles. The molecule has 0 saturated carbocycles. The van der Waals surface area contributed by atoms with Crippen LogP contribution in [0.25, 0.3) is 5.70 Å². The molecule has 4 heteroatoms. The second-order valence-corrected chi connectivity index (χ2v) is 7.29. The Balaban J connectivity index is 1.81. The van der Waals surface area contributed by atoms with Crippen LogP contribution >= 0.6 is 0 Å². The molecule has 0 bridgehead atoms. The van der Waals surface area contributed by atoms with Crippen LogP contribution in [0.2, 0.25) is 0 Å². The van der Waals surface area contributed by atoms with Gasteiger partial charge in [-0.2, -0.15) is 0 Å². The van der Waals surface area contributed by atoms with Gasteiger partial charge in [0.2, 0.25) is 0 Å². The number of methoxy groups -OCH3 is 2. The summed E-state index contributed by atoms with van der Waals surface area (Å²) in [4.78, 5) is 15.1. The zero-order valence-corrected chi connectivity index (χ0v) is 17.2. The Morgan fingerprint density at radius 3 is 2.13 bits per heavy atom. The van der Waals surface area contributed by atoms with Crippen molar-refractivity contribution < 1.29 is 14.3 Å². The average Bonchev–Trinajstić information content (AvgIpc) is 3.19. The lowest BCUT2D eigenvalue weighted by Gasteiger charge is -2.31. The van der Waals surface area contributed by atoms with Crippen LogP contribution in [0, 0.1) is 0 Å². The molecule has 3 aromatic rings. The number of hydrogen-bond donors (Lipinski definition) is 0. The minimum Gasteiger partial charge on any atom is -0.497 e. The molecule has 1 aliphatic heterocycles. The van der Waals surface area contributed by atoms with Gasteiger partial charge < -0.3 is 14.4 Å². The van der Waals surface area contributed by atoms with Crippen LogP contribution in [0.5, 0.6) is 5.75 Å². The van der Waals surface area contributed by atoms with Crippen molar-refractivity contribution in [3.63, 3.8) is 0 Å². The summed E-state index contributed by atoms with van der Waals surface area (Å²) in [5.41, 5.74) is 4.99. The topological polar surface area (TPSA) is 38.8 Å². The van der Waals surface area contributed by atoms with E-state index in [9.17, 15) is 4.79 Å². The van der Waals surface area contributed by atoms with Gasteiger partial charge in [0.25, 0.3) is 0 Å². The van der Waals surface area contributed by atoms with Gasteiger partial charge in [0.1, 0.15) is 5.75 Å². The standard InChI is InChI=1S/C26H25NO3/c1-29-22-15-13-20(14-16-22)24-17-23(26(28)30-2)25(21-11-7-4-8-12-21)27(24)18-19-9-5-3-6-10-19/h3-16,24H,17-18H2,1-2H3. The first-order chi connectivity index (χ1) is 14.7. The van der Waals surface area contributed by atoms with Crippen molar-refractivity contribution in [2.75, 3.05) is 14.2 Å². The van der Waals surface area contributed by atoms with Gasteiger partial charge in [-0.1, -0.05) is 72.8 Å². The maximum atomic E-state index is 12.7. The van der Waals surface area contributed by atoms with Gasteiger partial charge in [-0.3, -0.25) is 0 Å². The SMILES string of the molecule is COC(=O)C1=C(c2ccccc2)N(Cc2ccccc2)C(c2ccc(OC)cc2)C1. The molecule has 1 unspecified atom stereocenters. The highest BCUT2D eigenvalue weighted by molar-refractivity contribution is 5.98. The maximum absolute atomic E-state index is 12.7. The Bertz CT molecular complexity index is 1030.